The van der Waals surface area contributed by atoms with Crippen molar-refractivity contribution in [2.75, 3.05) is 38.2 Å². The van der Waals surface area contributed by atoms with Crippen LogP contribution in [0.2, 0.25) is 5.02 Å². The number of piperazine rings is 1. The molecule has 0 unspecified atom stereocenters. The van der Waals surface area contributed by atoms with Gasteiger partial charge < -0.3 is 14.5 Å². The van der Waals surface area contributed by atoms with E-state index in [1.807, 2.05) is 23.1 Å². The van der Waals surface area contributed by atoms with Crippen molar-refractivity contribution >= 4 is 50.2 Å². The van der Waals surface area contributed by atoms with Crippen LogP contribution < -0.4 is 4.90 Å². The summed E-state index contributed by atoms with van der Waals surface area (Å²) < 4.78 is 5.74. The van der Waals surface area contributed by atoms with E-state index in [2.05, 4.69) is 14.6 Å². The summed E-state index contributed by atoms with van der Waals surface area (Å²) in [6.45, 7) is 2.65. The molecule has 28 heavy (non-hydrogen) atoms. The standard InChI is InChI=1S/C20H18ClN3O3S/c1-27-19(26)14-7-5-13(6-8-14)18(25)23-9-11-24(12-10-23)20-22-17-15(21)3-2-4-16(17)28-20/h2-8H,9-12H2,1H3. The number of fused-ring (bicyclic) bond motifs is 1. The van der Waals surface area contributed by atoms with Crippen molar-refractivity contribution in [3.8, 4) is 0 Å². The molecule has 6 nitrogen and oxygen atoms in total. The Balaban J connectivity index is 1.42. The Hall–Kier alpha value is -2.64. The minimum atomic E-state index is -0.413. The predicted octanol–water partition coefficient (Wildman–Crippen LogP) is 3.70. The lowest BCUT2D eigenvalue weighted by Crippen LogP contribution is -2.48. The first kappa shape index (κ1) is 18.7. The normalized spacial score (nSPS) is 14.4. The molecule has 144 valence electrons. The monoisotopic (exact) mass is 415 g/mol. The number of nitrogens with zero attached hydrogens (tertiary/aromatic N) is 3. The number of methoxy groups -OCH3 is 1. The van der Waals surface area contributed by atoms with Crippen molar-refractivity contribution in [2.45, 2.75) is 0 Å². The highest BCUT2D eigenvalue weighted by molar-refractivity contribution is 7.22. The zero-order chi connectivity index (χ0) is 19.7. The van der Waals surface area contributed by atoms with E-state index >= 15 is 0 Å². The molecule has 0 saturated carbocycles. The van der Waals surface area contributed by atoms with Gasteiger partial charge in [0.15, 0.2) is 5.13 Å². The summed E-state index contributed by atoms with van der Waals surface area (Å²) in [4.78, 5) is 32.9. The predicted molar refractivity (Wildman–Crippen MR) is 111 cm³/mol. The van der Waals surface area contributed by atoms with Crippen LogP contribution in [-0.2, 0) is 4.74 Å². The van der Waals surface area contributed by atoms with Crippen molar-refractivity contribution < 1.29 is 14.3 Å². The van der Waals surface area contributed by atoms with Crippen LogP contribution in [-0.4, -0.2) is 55.0 Å². The van der Waals surface area contributed by atoms with Gasteiger partial charge >= 0.3 is 5.97 Å². The summed E-state index contributed by atoms with van der Waals surface area (Å²) in [5.74, 6) is -0.452. The molecule has 1 aromatic heterocycles. The van der Waals surface area contributed by atoms with Crippen LogP contribution in [0.15, 0.2) is 42.5 Å². The van der Waals surface area contributed by atoms with Crippen LogP contribution in [0.1, 0.15) is 20.7 Å². The topological polar surface area (TPSA) is 62.7 Å². The molecule has 0 N–H and O–H groups in total. The lowest BCUT2D eigenvalue weighted by molar-refractivity contribution is 0.0599. The van der Waals surface area contributed by atoms with Crippen LogP contribution >= 0.6 is 22.9 Å². The smallest absolute Gasteiger partial charge is 0.337 e. The molecule has 1 amide bonds. The zero-order valence-electron chi connectivity index (χ0n) is 15.2. The van der Waals surface area contributed by atoms with Gasteiger partial charge in [-0.3, -0.25) is 4.79 Å². The highest BCUT2D eigenvalue weighted by atomic mass is 35.5. The van der Waals surface area contributed by atoms with Gasteiger partial charge in [-0.1, -0.05) is 29.0 Å². The van der Waals surface area contributed by atoms with Crippen molar-refractivity contribution in [1.82, 2.24) is 9.88 Å². The summed E-state index contributed by atoms with van der Waals surface area (Å²) >= 11 is 7.84. The number of carbonyl (C=O) groups is 2. The molecule has 1 aliphatic heterocycles. The molecule has 1 aliphatic rings. The van der Waals surface area contributed by atoms with Gasteiger partial charge in [-0.25, -0.2) is 9.78 Å². The molecular formula is C20H18ClN3O3S. The van der Waals surface area contributed by atoms with Crippen LogP contribution in [0.3, 0.4) is 0 Å². The van der Waals surface area contributed by atoms with Gasteiger partial charge in [0.25, 0.3) is 5.91 Å². The Morgan fingerprint density at radius 1 is 1.04 bits per heavy atom. The second-order valence-electron chi connectivity index (χ2n) is 6.43. The number of rotatable bonds is 3. The Kier molecular flexibility index (Phi) is 5.19. The lowest BCUT2D eigenvalue weighted by Gasteiger charge is -2.34. The van der Waals surface area contributed by atoms with Gasteiger partial charge in [-0.05, 0) is 36.4 Å². The molecule has 0 spiro atoms. The van der Waals surface area contributed by atoms with Gasteiger partial charge in [0.1, 0.15) is 5.52 Å². The number of benzene rings is 2. The summed E-state index contributed by atoms with van der Waals surface area (Å²) in [6.07, 6.45) is 0. The largest absolute Gasteiger partial charge is 0.465 e. The average Bonchev–Trinajstić information content (AvgIpc) is 3.19. The molecule has 2 aromatic carbocycles. The fourth-order valence-electron chi connectivity index (χ4n) is 3.19. The number of amides is 1. The first-order valence-corrected chi connectivity index (χ1v) is 10.0. The van der Waals surface area contributed by atoms with Crippen molar-refractivity contribution in [3.05, 3.63) is 58.6 Å². The number of ether oxygens (including phenoxy) is 1. The third-order valence-corrected chi connectivity index (χ3v) is 6.14. The Morgan fingerprint density at radius 3 is 2.36 bits per heavy atom. The Morgan fingerprint density at radius 2 is 1.71 bits per heavy atom. The highest BCUT2D eigenvalue weighted by Crippen LogP contribution is 2.33. The van der Waals surface area contributed by atoms with Gasteiger partial charge in [-0.15, -0.1) is 0 Å². The second kappa shape index (κ2) is 7.77. The molecule has 2 heterocycles. The SMILES string of the molecule is COC(=O)c1ccc(C(=O)N2CCN(c3nc4c(Cl)cccc4s3)CC2)cc1. The molecule has 0 radical (unpaired) electrons. The summed E-state index contributed by atoms with van der Waals surface area (Å²) in [5.41, 5.74) is 1.82. The first-order valence-electron chi connectivity index (χ1n) is 8.84. The summed E-state index contributed by atoms with van der Waals surface area (Å²) in [6, 6.07) is 12.3. The first-order chi connectivity index (χ1) is 13.6. The van der Waals surface area contributed by atoms with Crippen LogP contribution in [0.4, 0.5) is 5.13 Å². The van der Waals surface area contributed by atoms with Gasteiger partial charge in [-0.2, -0.15) is 0 Å². The minimum absolute atomic E-state index is 0.0385. The van der Waals surface area contributed by atoms with Crippen LogP contribution in [0, 0.1) is 0 Å². The molecule has 3 aromatic rings. The maximum Gasteiger partial charge on any atom is 0.337 e. The van der Waals surface area contributed by atoms with E-state index in [4.69, 9.17) is 11.6 Å². The van der Waals surface area contributed by atoms with E-state index in [9.17, 15) is 9.59 Å². The molecular weight excluding hydrogens is 398 g/mol. The highest BCUT2D eigenvalue weighted by Gasteiger charge is 2.24. The molecule has 1 saturated heterocycles. The fourth-order valence-corrected chi connectivity index (χ4v) is 4.51. The van der Waals surface area contributed by atoms with E-state index in [0.717, 1.165) is 15.3 Å². The van der Waals surface area contributed by atoms with E-state index < -0.39 is 5.97 Å². The molecule has 4 rings (SSSR count). The maximum absolute atomic E-state index is 12.7. The summed E-state index contributed by atoms with van der Waals surface area (Å²) in [7, 11) is 1.33. The second-order valence-corrected chi connectivity index (χ2v) is 7.85. The maximum atomic E-state index is 12.7. The van der Waals surface area contributed by atoms with E-state index in [1.54, 1.807) is 35.6 Å². The third-order valence-electron chi connectivity index (χ3n) is 4.75. The molecule has 0 atom stereocenters. The number of thiazole rings is 1. The van der Waals surface area contributed by atoms with E-state index in [1.165, 1.54) is 7.11 Å². The minimum Gasteiger partial charge on any atom is -0.465 e. The number of halogens is 1. The molecule has 8 heteroatoms. The van der Waals surface area contributed by atoms with Crippen molar-refractivity contribution in [2.24, 2.45) is 0 Å². The Labute approximate surface area is 171 Å². The number of hydrogen-bond donors (Lipinski definition) is 0. The third kappa shape index (κ3) is 3.55. The number of anilines is 1. The van der Waals surface area contributed by atoms with Gasteiger partial charge in [0, 0.05) is 31.7 Å². The number of carbonyl (C=O) groups excluding carboxylic acids is 2. The van der Waals surface area contributed by atoms with Crippen LogP contribution in [0.25, 0.3) is 10.2 Å². The number of aromatic nitrogens is 1. The van der Waals surface area contributed by atoms with Crippen LogP contribution in [0.5, 0.6) is 0 Å². The van der Waals surface area contributed by atoms with E-state index in [0.29, 0.717) is 42.3 Å². The quantitative estimate of drug-likeness (QED) is 0.610. The summed E-state index contributed by atoms with van der Waals surface area (Å²) in [5, 5.41) is 1.59. The zero-order valence-corrected chi connectivity index (χ0v) is 16.8. The average molecular weight is 416 g/mol. The fraction of sp³-hybridized carbons (Fsp3) is 0.250. The number of hydrogen-bond acceptors (Lipinski definition) is 6. The number of esters is 1. The molecule has 0 bridgehead atoms. The van der Waals surface area contributed by atoms with Gasteiger partial charge in [0.05, 0.1) is 22.4 Å². The lowest BCUT2D eigenvalue weighted by atomic mass is 10.1. The number of para-hydroxylation sites is 1. The van der Waals surface area contributed by atoms with Crippen molar-refractivity contribution in [3.63, 3.8) is 0 Å². The molecule has 0 aliphatic carbocycles. The van der Waals surface area contributed by atoms with Gasteiger partial charge in [0.2, 0.25) is 0 Å². The molecule has 1 fully saturated rings. The Bertz CT molecular complexity index is 1030. The van der Waals surface area contributed by atoms with E-state index in [-0.39, 0.29) is 5.91 Å². The van der Waals surface area contributed by atoms with Crippen molar-refractivity contribution in [1.29, 1.82) is 0 Å².